The molecule has 0 aliphatic rings. The molecule has 0 spiro atoms. The van der Waals surface area contributed by atoms with Crippen molar-refractivity contribution in [2.75, 3.05) is 7.11 Å². The third kappa shape index (κ3) is 3.10. The Bertz CT molecular complexity index is 674. The van der Waals surface area contributed by atoms with Gasteiger partial charge in [-0.2, -0.15) is 0 Å². The molecule has 0 aliphatic carbocycles. The van der Waals surface area contributed by atoms with E-state index in [-0.39, 0.29) is 6.61 Å². The Balaban J connectivity index is 2.49. The van der Waals surface area contributed by atoms with Gasteiger partial charge in [0.1, 0.15) is 0 Å². The SMILES string of the molecule is COC(=O)c1ccccc1-c1c(C)noc1COC(C)=O. The summed E-state index contributed by atoms with van der Waals surface area (Å²) in [4.78, 5) is 22.8. The summed E-state index contributed by atoms with van der Waals surface area (Å²) in [6.45, 7) is 3.02. The Morgan fingerprint density at radius 2 is 2.00 bits per heavy atom. The van der Waals surface area contributed by atoms with E-state index in [0.717, 1.165) is 0 Å². The van der Waals surface area contributed by atoms with E-state index < -0.39 is 11.9 Å². The first-order valence-electron chi connectivity index (χ1n) is 6.30. The van der Waals surface area contributed by atoms with Crippen molar-refractivity contribution in [2.24, 2.45) is 0 Å². The zero-order valence-corrected chi connectivity index (χ0v) is 12.0. The van der Waals surface area contributed by atoms with E-state index in [1.807, 2.05) is 0 Å². The second kappa shape index (κ2) is 6.21. The number of rotatable bonds is 4. The van der Waals surface area contributed by atoms with Crippen molar-refractivity contribution in [1.82, 2.24) is 5.16 Å². The van der Waals surface area contributed by atoms with Crippen LogP contribution in [0, 0.1) is 6.92 Å². The third-order valence-electron chi connectivity index (χ3n) is 2.94. The summed E-state index contributed by atoms with van der Waals surface area (Å²) in [6.07, 6.45) is 0. The van der Waals surface area contributed by atoms with Gasteiger partial charge in [0.05, 0.1) is 23.9 Å². The van der Waals surface area contributed by atoms with Crippen LogP contribution in [0.15, 0.2) is 28.8 Å². The highest BCUT2D eigenvalue weighted by molar-refractivity contribution is 5.97. The lowest BCUT2D eigenvalue weighted by Gasteiger charge is -2.08. The average Bonchev–Trinajstić information content (AvgIpc) is 2.85. The molecular formula is C15H15NO5. The number of carbonyl (C=O) groups is 2. The molecule has 0 unspecified atom stereocenters. The van der Waals surface area contributed by atoms with E-state index >= 15 is 0 Å². The highest BCUT2D eigenvalue weighted by atomic mass is 16.5. The maximum Gasteiger partial charge on any atom is 0.338 e. The summed E-state index contributed by atoms with van der Waals surface area (Å²) in [7, 11) is 1.32. The summed E-state index contributed by atoms with van der Waals surface area (Å²) >= 11 is 0. The summed E-state index contributed by atoms with van der Waals surface area (Å²) in [5, 5.41) is 3.88. The molecule has 2 rings (SSSR count). The van der Waals surface area contributed by atoms with Crippen LogP contribution in [0.3, 0.4) is 0 Å². The number of hydrogen-bond donors (Lipinski definition) is 0. The number of aromatic nitrogens is 1. The van der Waals surface area contributed by atoms with Crippen molar-refractivity contribution >= 4 is 11.9 Å². The number of nitrogens with zero attached hydrogens (tertiary/aromatic N) is 1. The number of methoxy groups -OCH3 is 1. The minimum Gasteiger partial charge on any atom is -0.465 e. The van der Waals surface area contributed by atoms with E-state index in [9.17, 15) is 9.59 Å². The van der Waals surface area contributed by atoms with Crippen LogP contribution in [-0.2, 0) is 20.9 Å². The second-order valence-corrected chi connectivity index (χ2v) is 4.38. The normalized spacial score (nSPS) is 10.2. The van der Waals surface area contributed by atoms with Crippen LogP contribution >= 0.6 is 0 Å². The predicted octanol–water partition coefficient (Wildman–Crippen LogP) is 2.50. The minimum absolute atomic E-state index is 0.0407. The fourth-order valence-corrected chi connectivity index (χ4v) is 2.02. The topological polar surface area (TPSA) is 78.6 Å². The van der Waals surface area contributed by atoms with Gasteiger partial charge in [-0.15, -0.1) is 0 Å². The van der Waals surface area contributed by atoms with Gasteiger partial charge in [0, 0.05) is 12.5 Å². The van der Waals surface area contributed by atoms with Crippen molar-refractivity contribution in [2.45, 2.75) is 20.5 Å². The van der Waals surface area contributed by atoms with Crippen molar-refractivity contribution in [3.63, 3.8) is 0 Å². The molecule has 0 saturated carbocycles. The number of hydrogen-bond acceptors (Lipinski definition) is 6. The van der Waals surface area contributed by atoms with Gasteiger partial charge in [-0.05, 0) is 13.0 Å². The predicted molar refractivity (Wildman–Crippen MR) is 73.5 cm³/mol. The van der Waals surface area contributed by atoms with Gasteiger partial charge in [0.25, 0.3) is 0 Å². The van der Waals surface area contributed by atoms with Gasteiger partial charge in [-0.3, -0.25) is 4.79 Å². The van der Waals surface area contributed by atoms with E-state index in [4.69, 9.17) is 14.0 Å². The molecule has 0 amide bonds. The maximum atomic E-state index is 11.9. The number of aryl methyl sites for hydroxylation is 1. The van der Waals surface area contributed by atoms with Crippen LogP contribution in [0.5, 0.6) is 0 Å². The Labute approximate surface area is 121 Å². The van der Waals surface area contributed by atoms with Gasteiger partial charge in [-0.25, -0.2) is 4.79 Å². The molecule has 1 heterocycles. The smallest absolute Gasteiger partial charge is 0.338 e. The van der Waals surface area contributed by atoms with Crippen LogP contribution in [-0.4, -0.2) is 24.2 Å². The molecule has 2 aromatic rings. The molecule has 6 heteroatoms. The lowest BCUT2D eigenvalue weighted by Crippen LogP contribution is -2.05. The molecule has 1 aromatic heterocycles. The number of benzene rings is 1. The van der Waals surface area contributed by atoms with Crippen molar-refractivity contribution in [1.29, 1.82) is 0 Å². The molecular weight excluding hydrogens is 274 g/mol. The van der Waals surface area contributed by atoms with Gasteiger partial charge >= 0.3 is 11.9 Å². The Morgan fingerprint density at radius 1 is 1.29 bits per heavy atom. The number of carbonyl (C=O) groups excluding carboxylic acids is 2. The molecule has 0 radical (unpaired) electrons. The van der Waals surface area contributed by atoms with Crippen molar-refractivity contribution in [3.05, 3.63) is 41.3 Å². The maximum absolute atomic E-state index is 11.9. The van der Waals surface area contributed by atoms with Crippen LogP contribution in [0.4, 0.5) is 0 Å². The third-order valence-corrected chi connectivity index (χ3v) is 2.94. The fraction of sp³-hybridized carbons (Fsp3) is 0.267. The summed E-state index contributed by atoms with van der Waals surface area (Å²) in [5.41, 5.74) is 2.27. The molecule has 21 heavy (non-hydrogen) atoms. The summed E-state index contributed by atoms with van der Waals surface area (Å²) in [6, 6.07) is 6.96. The summed E-state index contributed by atoms with van der Waals surface area (Å²) in [5.74, 6) is -0.486. The monoisotopic (exact) mass is 289 g/mol. The second-order valence-electron chi connectivity index (χ2n) is 4.38. The molecule has 0 atom stereocenters. The zero-order chi connectivity index (χ0) is 15.4. The lowest BCUT2D eigenvalue weighted by molar-refractivity contribution is -0.142. The number of ether oxygens (including phenoxy) is 2. The first-order chi connectivity index (χ1) is 10.0. The van der Waals surface area contributed by atoms with E-state index in [0.29, 0.717) is 28.1 Å². The van der Waals surface area contributed by atoms with E-state index in [1.54, 1.807) is 31.2 Å². The molecule has 0 saturated heterocycles. The van der Waals surface area contributed by atoms with Crippen LogP contribution < -0.4 is 0 Å². The molecule has 6 nitrogen and oxygen atoms in total. The van der Waals surface area contributed by atoms with Gasteiger partial charge < -0.3 is 14.0 Å². The van der Waals surface area contributed by atoms with Crippen LogP contribution in [0.25, 0.3) is 11.1 Å². The molecule has 0 aliphatic heterocycles. The van der Waals surface area contributed by atoms with Gasteiger partial charge in [0.15, 0.2) is 12.4 Å². The molecule has 110 valence electrons. The van der Waals surface area contributed by atoms with Gasteiger partial charge in [0.2, 0.25) is 0 Å². The molecule has 1 aromatic carbocycles. The lowest BCUT2D eigenvalue weighted by atomic mass is 9.98. The first kappa shape index (κ1) is 14.8. The van der Waals surface area contributed by atoms with E-state index in [2.05, 4.69) is 5.16 Å². The number of esters is 2. The fourth-order valence-electron chi connectivity index (χ4n) is 2.02. The van der Waals surface area contributed by atoms with Crippen LogP contribution in [0.1, 0.15) is 28.7 Å². The first-order valence-corrected chi connectivity index (χ1v) is 6.30. The zero-order valence-electron chi connectivity index (χ0n) is 12.0. The quantitative estimate of drug-likeness (QED) is 0.805. The minimum atomic E-state index is -0.454. The molecule has 0 N–H and O–H groups in total. The van der Waals surface area contributed by atoms with Gasteiger partial charge in [-0.1, -0.05) is 23.4 Å². The largest absolute Gasteiger partial charge is 0.465 e. The Hall–Kier alpha value is -2.63. The Kier molecular flexibility index (Phi) is 4.37. The highest BCUT2D eigenvalue weighted by Crippen LogP contribution is 2.31. The molecule has 0 fully saturated rings. The van der Waals surface area contributed by atoms with Crippen molar-refractivity contribution < 1.29 is 23.6 Å². The highest BCUT2D eigenvalue weighted by Gasteiger charge is 2.21. The standard InChI is InChI=1S/C15H15NO5/c1-9-14(13(21-16-9)8-20-10(2)17)11-6-4-5-7-12(11)15(18)19-3/h4-7H,8H2,1-3H3. The Morgan fingerprint density at radius 3 is 2.67 bits per heavy atom. The summed E-state index contributed by atoms with van der Waals surface area (Å²) < 4.78 is 14.9. The van der Waals surface area contributed by atoms with Crippen LogP contribution in [0.2, 0.25) is 0 Å². The average molecular weight is 289 g/mol. The van der Waals surface area contributed by atoms with E-state index in [1.165, 1.54) is 14.0 Å². The van der Waals surface area contributed by atoms with Crippen molar-refractivity contribution in [3.8, 4) is 11.1 Å². The molecule has 0 bridgehead atoms.